The van der Waals surface area contributed by atoms with Crippen molar-refractivity contribution in [2.45, 2.75) is 64.3 Å². The molecule has 5 atom stereocenters. The third-order valence-electron chi connectivity index (χ3n) is 5.98. The number of hydrogen-bond acceptors (Lipinski definition) is 6. The van der Waals surface area contributed by atoms with Crippen molar-refractivity contribution in [2.75, 3.05) is 13.2 Å². The van der Waals surface area contributed by atoms with E-state index in [-0.39, 0.29) is 25.4 Å². The van der Waals surface area contributed by atoms with Gasteiger partial charge in [0, 0.05) is 12.3 Å². The minimum absolute atomic E-state index is 0.0344. The molecular formula is C24H34O7. The summed E-state index contributed by atoms with van der Waals surface area (Å²) < 4.78 is 11.2. The summed E-state index contributed by atoms with van der Waals surface area (Å²) in [6.45, 7) is 3.59. The van der Waals surface area contributed by atoms with Crippen LogP contribution in [0.5, 0.6) is 5.75 Å². The van der Waals surface area contributed by atoms with Gasteiger partial charge in [0.05, 0.1) is 24.2 Å². The van der Waals surface area contributed by atoms with Crippen LogP contribution in [0.25, 0.3) is 0 Å². The van der Waals surface area contributed by atoms with Crippen molar-refractivity contribution in [3.05, 3.63) is 42.5 Å². The lowest BCUT2D eigenvalue weighted by molar-refractivity contribution is -0.148. The van der Waals surface area contributed by atoms with Crippen LogP contribution in [-0.2, 0) is 14.3 Å². The molecule has 7 heteroatoms. The predicted octanol–water partition coefficient (Wildman–Crippen LogP) is 2.99. The minimum Gasteiger partial charge on any atom is -0.491 e. The van der Waals surface area contributed by atoms with Crippen LogP contribution < -0.4 is 4.74 Å². The molecule has 0 bridgehead atoms. The zero-order chi connectivity index (χ0) is 22.9. The first kappa shape index (κ1) is 25.0. The summed E-state index contributed by atoms with van der Waals surface area (Å²) in [6.07, 6.45) is 3.38. The number of carboxylic acid groups (broad SMARTS) is 1. The molecule has 1 aliphatic carbocycles. The summed E-state index contributed by atoms with van der Waals surface area (Å²) in [7, 11) is 0. The fraction of sp³-hybridized carbons (Fsp3) is 0.583. The first-order chi connectivity index (χ1) is 14.8. The van der Waals surface area contributed by atoms with Crippen molar-refractivity contribution in [1.29, 1.82) is 0 Å². The number of aliphatic hydroxyl groups excluding tert-OH is 2. The Morgan fingerprint density at radius 2 is 1.97 bits per heavy atom. The Bertz CT molecular complexity index is 733. The molecule has 1 saturated carbocycles. The summed E-state index contributed by atoms with van der Waals surface area (Å²) in [5, 5.41) is 29.7. The molecule has 0 aromatic heterocycles. The molecule has 1 aromatic rings. The molecule has 1 aliphatic rings. The number of para-hydroxylation sites is 1. The molecule has 1 aromatic carbocycles. The van der Waals surface area contributed by atoms with E-state index in [9.17, 15) is 24.9 Å². The van der Waals surface area contributed by atoms with Crippen molar-refractivity contribution in [2.24, 2.45) is 11.3 Å². The third kappa shape index (κ3) is 7.45. The van der Waals surface area contributed by atoms with Crippen LogP contribution >= 0.6 is 0 Å². The van der Waals surface area contributed by atoms with Crippen molar-refractivity contribution >= 4 is 11.8 Å². The maximum Gasteiger partial charge on any atom is 0.309 e. The van der Waals surface area contributed by atoms with E-state index in [1.165, 1.54) is 0 Å². The normalized spacial score (nSPS) is 24.3. The zero-order valence-corrected chi connectivity index (χ0v) is 18.3. The molecule has 0 spiro atoms. The fourth-order valence-electron chi connectivity index (χ4n) is 3.59. The monoisotopic (exact) mass is 434 g/mol. The molecule has 0 amide bonds. The highest BCUT2D eigenvalue weighted by Gasteiger charge is 2.42. The standard InChI is InChI=1S/C24H34O7/c1-3-24(2,23(28)29)13-9-5-8-12-19-20(26)14-21(27)22(19)31-16-17(25)15-30-18-10-6-4-7-11-18/h4-8,10-11,17,19,21-22,25,27H,3,9,12-16H2,1-2H3,(H,28,29)/b8-5-/t17?,19-,21+,22+,24+/m0/s1. The first-order valence-corrected chi connectivity index (χ1v) is 10.8. The van der Waals surface area contributed by atoms with Crippen molar-refractivity contribution in [3.8, 4) is 5.75 Å². The first-order valence-electron chi connectivity index (χ1n) is 10.8. The number of ether oxygens (including phenoxy) is 2. The molecule has 172 valence electrons. The van der Waals surface area contributed by atoms with Gasteiger partial charge in [0.15, 0.2) is 0 Å². The molecular weight excluding hydrogens is 400 g/mol. The summed E-state index contributed by atoms with van der Waals surface area (Å²) in [5.41, 5.74) is -0.757. The molecule has 0 saturated heterocycles. The molecule has 0 radical (unpaired) electrons. The van der Waals surface area contributed by atoms with Gasteiger partial charge in [-0.05, 0) is 44.7 Å². The predicted molar refractivity (Wildman–Crippen MR) is 116 cm³/mol. The van der Waals surface area contributed by atoms with Gasteiger partial charge in [-0.3, -0.25) is 9.59 Å². The van der Waals surface area contributed by atoms with E-state index in [0.717, 1.165) is 0 Å². The smallest absolute Gasteiger partial charge is 0.309 e. The Kier molecular flexibility index (Phi) is 9.68. The van der Waals surface area contributed by atoms with E-state index in [4.69, 9.17) is 9.47 Å². The second-order valence-corrected chi connectivity index (χ2v) is 8.39. The van der Waals surface area contributed by atoms with Gasteiger partial charge in [-0.25, -0.2) is 0 Å². The highest BCUT2D eigenvalue weighted by molar-refractivity contribution is 5.85. The Balaban J connectivity index is 1.79. The third-order valence-corrected chi connectivity index (χ3v) is 5.98. The number of carboxylic acids is 1. The van der Waals surface area contributed by atoms with Crippen LogP contribution in [0.3, 0.4) is 0 Å². The van der Waals surface area contributed by atoms with E-state index in [1.807, 2.05) is 37.3 Å². The average Bonchev–Trinajstić information content (AvgIpc) is 3.03. The summed E-state index contributed by atoms with van der Waals surface area (Å²) in [6, 6.07) is 9.11. The van der Waals surface area contributed by atoms with E-state index in [1.54, 1.807) is 19.1 Å². The number of ketones is 1. The lowest BCUT2D eigenvalue weighted by Crippen LogP contribution is -2.34. The van der Waals surface area contributed by atoms with Gasteiger partial charge in [0.2, 0.25) is 0 Å². The highest BCUT2D eigenvalue weighted by atomic mass is 16.5. The maximum atomic E-state index is 12.3. The topological polar surface area (TPSA) is 113 Å². The minimum atomic E-state index is -0.900. The second-order valence-electron chi connectivity index (χ2n) is 8.39. The van der Waals surface area contributed by atoms with Crippen molar-refractivity contribution in [3.63, 3.8) is 0 Å². The molecule has 2 rings (SSSR count). The maximum absolute atomic E-state index is 12.3. The summed E-state index contributed by atoms with van der Waals surface area (Å²) in [5.74, 6) is -0.713. The molecule has 0 aliphatic heterocycles. The van der Waals surface area contributed by atoms with Crippen LogP contribution in [0.4, 0.5) is 0 Å². The molecule has 1 fully saturated rings. The lowest BCUT2D eigenvalue weighted by atomic mass is 9.83. The van der Waals surface area contributed by atoms with Gasteiger partial charge in [0.25, 0.3) is 0 Å². The van der Waals surface area contributed by atoms with Crippen LogP contribution in [0.15, 0.2) is 42.5 Å². The Hall–Kier alpha value is -2.22. The van der Waals surface area contributed by atoms with Gasteiger partial charge >= 0.3 is 5.97 Å². The quantitative estimate of drug-likeness (QED) is 0.409. The van der Waals surface area contributed by atoms with Crippen molar-refractivity contribution in [1.82, 2.24) is 0 Å². The van der Waals surface area contributed by atoms with Crippen molar-refractivity contribution < 1.29 is 34.4 Å². The molecule has 31 heavy (non-hydrogen) atoms. The number of Topliss-reactive ketones (excluding diaryl/α,β-unsaturated/α-hetero) is 1. The number of rotatable bonds is 13. The number of allylic oxidation sites excluding steroid dienone is 2. The van der Waals surface area contributed by atoms with Crippen LogP contribution in [-0.4, -0.2) is 58.6 Å². The number of carbonyl (C=O) groups is 2. The number of aliphatic carboxylic acids is 1. The van der Waals surface area contributed by atoms with E-state index >= 15 is 0 Å². The number of benzene rings is 1. The lowest BCUT2D eigenvalue weighted by Gasteiger charge is -2.23. The Morgan fingerprint density at radius 1 is 1.26 bits per heavy atom. The molecule has 0 heterocycles. The van der Waals surface area contributed by atoms with E-state index in [2.05, 4.69) is 0 Å². The van der Waals surface area contributed by atoms with Gasteiger partial charge in [-0.15, -0.1) is 0 Å². The second kappa shape index (κ2) is 12.0. The average molecular weight is 435 g/mol. The van der Waals surface area contributed by atoms with Crippen LogP contribution in [0.1, 0.15) is 46.0 Å². The molecule has 3 N–H and O–H groups in total. The number of aliphatic hydroxyl groups is 2. The summed E-state index contributed by atoms with van der Waals surface area (Å²) in [4.78, 5) is 23.6. The highest BCUT2D eigenvalue weighted by Crippen LogP contribution is 2.30. The van der Waals surface area contributed by atoms with Gasteiger partial charge in [-0.1, -0.05) is 37.3 Å². The largest absolute Gasteiger partial charge is 0.491 e. The van der Waals surface area contributed by atoms with Gasteiger partial charge in [-0.2, -0.15) is 0 Å². The Labute approximate surface area is 183 Å². The SMILES string of the molecule is CC[C@](C)(CC/C=C\C[C@H]1C(=O)C[C@@H](O)[C@@H]1OCC(O)COc1ccccc1)C(=O)O. The number of carbonyl (C=O) groups excluding carboxylic acids is 1. The van der Waals surface area contributed by atoms with E-state index in [0.29, 0.717) is 31.4 Å². The van der Waals surface area contributed by atoms with Gasteiger partial charge < -0.3 is 24.8 Å². The zero-order valence-electron chi connectivity index (χ0n) is 18.3. The molecule has 1 unspecified atom stereocenters. The van der Waals surface area contributed by atoms with Crippen LogP contribution in [0, 0.1) is 11.3 Å². The molecule has 7 nitrogen and oxygen atoms in total. The summed E-state index contributed by atoms with van der Waals surface area (Å²) >= 11 is 0. The van der Waals surface area contributed by atoms with E-state index < -0.39 is 35.6 Å². The van der Waals surface area contributed by atoms with Crippen LogP contribution in [0.2, 0.25) is 0 Å². The van der Waals surface area contributed by atoms with Gasteiger partial charge in [0.1, 0.15) is 24.2 Å². The fourth-order valence-corrected chi connectivity index (χ4v) is 3.59. The number of hydrogen-bond donors (Lipinski definition) is 3. The Morgan fingerprint density at radius 3 is 2.61 bits per heavy atom.